The highest BCUT2D eigenvalue weighted by Crippen LogP contribution is 2.13. The minimum atomic E-state index is 0.138. The number of hydrogen-bond acceptors (Lipinski definition) is 4. The van der Waals surface area contributed by atoms with Gasteiger partial charge < -0.3 is 20.3 Å². The maximum Gasteiger partial charge on any atom is 0.222 e. The molecule has 2 fully saturated rings. The van der Waals surface area contributed by atoms with Crippen LogP contribution in [0.1, 0.15) is 12.8 Å². The average molecular weight is 227 g/mol. The maximum absolute atomic E-state index is 11.7. The second kappa shape index (κ2) is 5.12. The van der Waals surface area contributed by atoms with Crippen molar-refractivity contribution in [2.45, 2.75) is 25.0 Å². The van der Waals surface area contributed by atoms with Crippen LogP contribution < -0.4 is 5.73 Å². The number of nitrogens with two attached hydrogens (primary N) is 1. The largest absolute Gasteiger partial charge is 0.374 e. The summed E-state index contributed by atoms with van der Waals surface area (Å²) < 4.78 is 5.66. The summed E-state index contributed by atoms with van der Waals surface area (Å²) in [5.41, 5.74) is 5.87. The molecular formula is C11H21N3O2. The SMILES string of the molecule is CN1CCOC(CN2CC(N)CCC2=O)C1. The molecule has 16 heavy (non-hydrogen) atoms. The van der Waals surface area contributed by atoms with Crippen molar-refractivity contribution < 1.29 is 9.53 Å². The van der Waals surface area contributed by atoms with Gasteiger partial charge in [0.15, 0.2) is 0 Å². The Hall–Kier alpha value is -0.650. The summed E-state index contributed by atoms with van der Waals surface area (Å²) in [7, 11) is 2.08. The number of amides is 1. The molecule has 0 saturated carbocycles. The molecule has 0 aromatic heterocycles. The molecule has 0 aromatic rings. The highest BCUT2D eigenvalue weighted by molar-refractivity contribution is 5.77. The summed E-state index contributed by atoms with van der Waals surface area (Å²) in [6.07, 6.45) is 1.55. The lowest BCUT2D eigenvalue weighted by Gasteiger charge is -2.36. The van der Waals surface area contributed by atoms with E-state index in [9.17, 15) is 4.79 Å². The molecule has 2 atom stereocenters. The first kappa shape index (κ1) is 11.8. The van der Waals surface area contributed by atoms with Gasteiger partial charge in [0.25, 0.3) is 0 Å². The Labute approximate surface area is 96.5 Å². The Morgan fingerprint density at radius 3 is 3.06 bits per heavy atom. The van der Waals surface area contributed by atoms with Gasteiger partial charge in [-0.25, -0.2) is 0 Å². The van der Waals surface area contributed by atoms with Gasteiger partial charge in [-0.3, -0.25) is 4.79 Å². The predicted octanol–water partition coefficient (Wildman–Crippen LogP) is -0.733. The molecule has 2 unspecified atom stereocenters. The van der Waals surface area contributed by atoms with Crippen LogP contribution in [-0.2, 0) is 9.53 Å². The Kier molecular flexibility index (Phi) is 3.78. The smallest absolute Gasteiger partial charge is 0.222 e. The first-order chi connectivity index (χ1) is 7.65. The molecule has 1 amide bonds. The van der Waals surface area contributed by atoms with Crippen LogP contribution in [0.3, 0.4) is 0 Å². The summed E-state index contributed by atoms with van der Waals surface area (Å²) in [4.78, 5) is 15.8. The van der Waals surface area contributed by atoms with Crippen molar-refractivity contribution in [3.8, 4) is 0 Å². The summed E-state index contributed by atoms with van der Waals surface area (Å²) in [6.45, 7) is 4.01. The van der Waals surface area contributed by atoms with Gasteiger partial charge in [0.05, 0.1) is 12.7 Å². The van der Waals surface area contributed by atoms with Crippen LogP contribution in [-0.4, -0.2) is 67.7 Å². The van der Waals surface area contributed by atoms with Crippen molar-refractivity contribution >= 4 is 5.91 Å². The second-order valence-electron chi connectivity index (χ2n) is 4.85. The van der Waals surface area contributed by atoms with Crippen LogP contribution in [0.15, 0.2) is 0 Å². The van der Waals surface area contributed by atoms with Gasteiger partial charge in [-0.2, -0.15) is 0 Å². The van der Waals surface area contributed by atoms with E-state index in [1.807, 2.05) is 4.90 Å². The van der Waals surface area contributed by atoms with Crippen molar-refractivity contribution in [1.82, 2.24) is 9.80 Å². The second-order valence-corrected chi connectivity index (χ2v) is 4.85. The first-order valence-electron chi connectivity index (χ1n) is 5.98. The van der Waals surface area contributed by atoms with E-state index in [4.69, 9.17) is 10.5 Å². The molecule has 5 nitrogen and oxygen atoms in total. The fourth-order valence-electron chi connectivity index (χ4n) is 2.34. The summed E-state index contributed by atoms with van der Waals surface area (Å²) in [5, 5.41) is 0. The third-order valence-corrected chi connectivity index (χ3v) is 3.30. The molecule has 2 aliphatic heterocycles. The molecule has 5 heteroatoms. The van der Waals surface area contributed by atoms with Crippen LogP contribution in [0.25, 0.3) is 0 Å². The standard InChI is InChI=1S/C11H21N3O2/c1-13-4-5-16-10(7-13)8-14-6-9(12)2-3-11(14)15/h9-10H,2-8,12H2,1H3. The van der Waals surface area contributed by atoms with E-state index in [2.05, 4.69) is 11.9 Å². The summed E-state index contributed by atoms with van der Waals surface area (Å²) >= 11 is 0. The van der Waals surface area contributed by atoms with Gasteiger partial charge >= 0.3 is 0 Å². The van der Waals surface area contributed by atoms with Crippen LogP contribution in [0.5, 0.6) is 0 Å². The number of carbonyl (C=O) groups excluding carboxylic acids is 1. The third kappa shape index (κ3) is 2.93. The molecule has 0 aliphatic carbocycles. The monoisotopic (exact) mass is 227 g/mol. The number of piperidine rings is 1. The normalized spacial score (nSPS) is 33.1. The van der Waals surface area contributed by atoms with E-state index in [0.29, 0.717) is 19.5 Å². The molecule has 0 aromatic carbocycles. The van der Waals surface area contributed by atoms with Crippen molar-refractivity contribution in [2.75, 3.05) is 39.8 Å². The topological polar surface area (TPSA) is 58.8 Å². The summed E-state index contributed by atoms with van der Waals surface area (Å²) in [6, 6.07) is 0.138. The lowest BCUT2D eigenvalue weighted by Crippen LogP contribution is -2.52. The molecule has 2 rings (SSSR count). The zero-order chi connectivity index (χ0) is 11.5. The molecule has 0 spiro atoms. The maximum atomic E-state index is 11.7. The Morgan fingerprint density at radius 1 is 1.50 bits per heavy atom. The van der Waals surface area contributed by atoms with E-state index in [1.54, 1.807) is 0 Å². The van der Waals surface area contributed by atoms with Crippen LogP contribution >= 0.6 is 0 Å². The molecule has 2 N–H and O–H groups in total. The average Bonchev–Trinajstić information content (AvgIpc) is 2.24. The van der Waals surface area contributed by atoms with Crippen molar-refractivity contribution in [3.05, 3.63) is 0 Å². The van der Waals surface area contributed by atoms with Gasteiger partial charge in [-0.15, -0.1) is 0 Å². The first-order valence-corrected chi connectivity index (χ1v) is 5.98. The molecule has 0 bridgehead atoms. The number of hydrogen-bond donors (Lipinski definition) is 1. The van der Waals surface area contributed by atoms with Crippen molar-refractivity contribution in [2.24, 2.45) is 5.73 Å². The highest BCUT2D eigenvalue weighted by Gasteiger charge is 2.27. The van der Waals surface area contributed by atoms with E-state index in [-0.39, 0.29) is 18.1 Å². The lowest BCUT2D eigenvalue weighted by atomic mass is 10.1. The number of likely N-dealkylation sites (tertiary alicyclic amines) is 1. The van der Waals surface area contributed by atoms with Gasteiger partial charge in [0.2, 0.25) is 5.91 Å². The number of rotatable bonds is 2. The van der Waals surface area contributed by atoms with Crippen molar-refractivity contribution in [1.29, 1.82) is 0 Å². The van der Waals surface area contributed by atoms with Gasteiger partial charge in [0.1, 0.15) is 0 Å². The molecule has 2 heterocycles. The van der Waals surface area contributed by atoms with Crippen LogP contribution in [0, 0.1) is 0 Å². The van der Waals surface area contributed by atoms with E-state index in [1.165, 1.54) is 0 Å². The number of carbonyl (C=O) groups is 1. The highest BCUT2D eigenvalue weighted by atomic mass is 16.5. The predicted molar refractivity (Wildman–Crippen MR) is 61.0 cm³/mol. The van der Waals surface area contributed by atoms with Gasteiger partial charge in [0, 0.05) is 38.6 Å². The van der Waals surface area contributed by atoms with E-state index in [0.717, 1.165) is 26.1 Å². The quantitative estimate of drug-likeness (QED) is 0.675. The number of ether oxygens (including phenoxy) is 1. The summed E-state index contributed by atoms with van der Waals surface area (Å²) in [5.74, 6) is 0.221. The molecular weight excluding hydrogens is 206 g/mol. The van der Waals surface area contributed by atoms with E-state index < -0.39 is 0 Å². The molecule has 92 valence electrons. The molecule has 2 aliphatic rings. The zero-order valence-electron chi connectivity index (χ0n) is 9.89. The van der Waals surface area contributed by atoms with Gasteiger partial charge in [-0.05, 0) is 13.5 Å². The van der Waals surface area contributed by atoms with Gasteiger partial charge in [-0.1, -0.05) is 0 Å². The fourth-order valence-corrected chi connectivity index (χ4v) is 2.34. The van der Waals surface area contributed by atoms with E-state index >= 15 is 0 Å². The minimum absolute atomic E-state index is 0.138. The Balaban J connectivity index is 1.85. The Morgan fingerprint density at radius 2 is 2.31 bits per heavy atom. The number of likely N-dealkylation sites (N-methyl/N-ethyl adjacent to an activating group) is 1. The fraction of sp³-hybridized carbons (Fsp3) is 0.909. The van der Waals surface area contributed by atoms with Crippen molar-refractivity contribution in [3.63, 3.8) is 0 Å². The van der Waals surface area contributed by atoms with Crippen LogP contribution in [0.2, 0.25) is 0 Å². The van der Waals surface area contributed by atoms with Crippen LogP contribution in [0.4, 0.5) is 0 Å². The number of nitrogens with zero attached hydrogens (tertiary/aromatic N) is 2. The zero-order valence-corrected chi connectivity index (χ0v) is 9.89. The Bertz CT molecular complexity index is 260. The number of morpholine rings is 1. The minimum Gasteiger partial charge on any atom is -0.374 e. The molecule has 2 saturated heterocycles. The lowest BCUT2D eigenvalue weighted by molar-refractivity contribution is -0.137. The third-order valence-electron chi connectivity index (χ3n) is 3.30. The molecule has 0 radical (unpaired) electrons.